The Bertz CT molecular complexity index is 2730. The van der Waals surface area contributed by atoms with Gasteiger partial charge in [0.25, 0.3) is 0 Å². The maximum Gasteiger partial charge on any atom is 0.148 e. The van der Waals surface area contributed by atoms with E-state index in [4.69, 9.17) is 0 Å². The van der Waals surface area contributed by atoms with Crippen molar-refractivity contribution >= 4 is 38.9 Å². The number of hydrogen-bond acceptors (Lipinski definition) is 2. The fourth-order valence-electron chi connectivity index (χ4n) is 8.32. The lowest BCUT2D eigenvalue weighted by Gasteiger charge is -2.19. The Morgan fingerprint density at radius 3 is 1.58 bits per heavy atom. The minimum absolute atomic E-state index is 0.426. The lowest BCUT2D eigenvalue weighted by Crippen LogP contribution is -2.07. The topological polar surface area (TPSA) is 35.6 Å². The Hall–Kier alpha value is -6.52. The summed E-state index contributed by atoms with van der Waals surface area (Å²) in [5.41, 5.74) is 16.1. The van der Waals surface area contributed by atoms with Crippen LogP contribution < -0.4 is 0 Å². The van der Waals surface area contributed by atoms with Crippen molar-refractivity contribution in [2.24, 2.45) is 0 Å². The lowest BCUT2D eigenvalue weighted by molar-refractivity contribution is 0.721. The second kappa shape index (κ2) is 12.9. The van der Waals surface area contributed by atoms with E-state index >= 15 is 0 Å². The molecule has 3 aromatic heterocycles. The van der Waals surface area contributed by atoms with Crippen LogP contribution in [-0.4, -0.2) is 19.1 Å². The molecule has 1 aliphatic carbocycles. The molecular formula is C49H38N4. The normalized spacial score (nSPS) is 13.9. The molecule has 53 heavy (non-hydrogen) atoms. The van der Waals surface area contributed by atoms with E-state index in [2.05, 4.69) is 184 Å². The van der Waals surface area contributed by atoms with Crippen LogP contribution in [0.15, 0.2) is 164 Å². The number of aromatic nitrogens is 4. The van der Waals surface area contributed by atoms with Gasteiger partial charge in [0.05, 0.1) is 11.0 Å². The Morgan fingerprint density at radius 1 is 0.547 bits per heavy atom. The van der Waals surface area contributed by atoms with Crippen molar-refractivity contribution in [3.63, 3.8) is 0 Å². The number of fused-ring (bicyclic) bond motifs is 6. The van der Waals surface area contributed by atoms with Gasteiger partial charge in [0.2, 0.25) is 0 Å². The van der Waals surface area contributed by atoms with Crippen LogP contribution in [0.2, 0.25) is 0 Å². The summed E-state index contributed by atoms with van der Waals surface area (Å²) in [6.45, 7) is 2.30. The van der Waals surface area contributed by atoms with E-state index in [9.17, 15) is 0 Å². The molecule has 254 valence electrons. The van der Waals surface area contributed by atoms with Crippen molar-refractivity contribution in [2.75, 3.05) is 0 Å². The maximum absolute atomic E-state index is 4.69. The van der Waals surface area contributed by atoms with Crippen LogP contribution in [-0.2, 0) is 12.8 Å². The van der Waals surface area contributed by atoms with E-state index in [0.717, 1.165) is 36.0 Å². The van der Waals surface area contributed by atoms with Gasteiger partial charge in [0.1, 0.15) is 12.0 Å². The molecule has 0 saturated carbocycles. The third-order valence-corrected chi connectivity index (χ3v) is 11.0. The van der Waals surface area contributed by atoms with Gasteiger partial charge in [-0.2, -0.15) is 0 Å². The highest BCUT2D eigenvalue weighted by Gasteiger charge is 2.24. The number of hydrogen-bond donors (Lipinski definition) is 0. The second-order valence-corrected chi connectivity index (χ2v) is 14.4. The van der Waals surface area contributed by atoms with Crippen LogP contribution in [0.1, 0.15) is 52.8 Å². The first kappa shape index (κ1) is 31.2. The Kier molecular flexibility index (Phi) is 7.61. The highest BCUT2D eigenvalue weighted by Crippen LogP contribution is 2.38. The molecule has 4 nitrogen and oxygen atoms in total. The van der Waals surface area contributed by atoms with E-state index in [1.807, 2.05) is 6.20 Å². The van der Waals surface area contributed by atoms with E-state index in [1.54, 1.807) is 6.33 Å². The molecule has 4 heteroatoms. The fourth-order valence-corrected chi connectivity index (χ4v) is 8.32. The first-order valence-electron chi connectivity index (χ1n) is 18.5. The third-order valence-electron chi connectivity index (χ3n) is 11.0. The molecule has 0 aliphatic heterocycles. The van der Waals surface area contributed by atoms with Crippen molar-refractivity contribution in [3.8, 4) is 22.5 Å². The Balaban J connectivity index is 0.821. The third kappa shape index (κ3) is 5.55. The molecule has 0 amide bonds. The highest BCUT2D eigenvalue weighted by atomic mass is 15.1. The van der Waals surface area contributed by atoms with E-state index in [0.29, 0.717) is 5.92 Å². The number of rotatable bonds is 7. The first-order chi connectivity index (χ1) is 26.2. The van der Waals surface area contributed by atoms with Crippen LogP contribution in [0.25, 0.3) is 61.4 Å². The largest absolute Gasteiger partial charge is 0.309 e. The molecule has 0 fully saturated rings. The SMILES string of the molecule is CC1CC=Cc2c1n(-c1ccc(Cc3ccc(-c4ccc(Cc5ccc(-n6c7ccccc7c7ccccc76)cc5)cc4)cc3)cc1)c1ncncc21. The number of nitrogens with zero attached hydrogens (tertiary/aromatic N) is 4. The van der Waals surface area contributed by atoms with Crippen LogP contribution in [0.3, 0.4) is 0 Å². The van der Waals surface area contributed by atoms with Crippen LogP contribution in [0.4, 0.5) is 0 Å². The summed E-state index contributed by atoms with van der Waals surface area (Å²) in [5, 5.41) is 3.69. The molecule has 0 bridgehead atoms. The Morgan fingerprint density at radius 2 is 1.04 bits per heavy atom. The molecule has 0 radical (unpaired) electrons. The summed E-state index contributed by atoms with van der Waals surface area (Å²) < 4.78 is 4.70. The monoisotopic (exact) mass is 682 g/mol. The molecule has 0 saturated heterocycles. The van der Waals surface area contributed by atoms with Crippen molar-refractivity contribution in [2.45, 2.75) is 32.1 Å². The summed E-state index contributed by atoms with van der Waals surface area (Å²) in [5.74, 6) is 0.426. The smallest absolute Gasteiger partial charge is 0.148 e. The number of benzene rings is 6. The summed E-state index contributed by atoms with van der Waals surface area (Å²) in [6.07, 6.45) is 10.9. The zero-order chi connectivity index (χ0) is 35.3. The van der Waals surface area contributed by atoms with E-state index in [1.165, 1.54) is 72.1 Å². The summed E-state index contributed by atoms with van der Waals surface area (Å²) in [6, 6.07) is 53.4. The molecule has 1 unspecified atom stereocenters. The van der Waals surface area contributed by atoms with Gasteiger partial charge in [-0.25, -0.2) is 9.97 Å². The van der Waals surface area contributed by atoms with Gasteiger partial charge in [-0.1, -0.05) is 128 Å². The first-order valence-corrected chi connectivity index (χ1v) is 18.5. The zero-order valence-corrected chi connectivity index (χ0v) is 29.7. The van der Waals surface area contributed by atoms with Crippen LogP contribution >= 0.6 is 0 Å². The van der Waals surface area contributed by atoms with Crippen molar-refractivity contribution < 1.29 is 0 Å². The van der Waals surface area contributed by atoms with Gasteiger partial charge < -0.3 is 4.57 Å². The molecule has 0 spiro atoms. The quantitative estimate of drug-likeness (QED) is 0.168. The number of allylic oxidation sites excluding steroid dienone is 1. The second-order valence-electron chi connectivity index (χ2n) is 14.4. The van der Waals surface area contributed by atoms with Crippen LogP contribution in [0.5, 0.6) is 0 Å². The predicted octanol–water partition coefficient (Wildman–Crippen LogP) is 11.9. The van der Waals surface area contributed by atoms with Gasteiger partial charge in [-0.05, 0) is 89.0 Å². The van der Waals surface area contributed by atoms with Crippen molar-refractivity contribution in [1.29, 1.82) is 0 Å². The van der Waals surface area contributed by atoms with Crippen molar-refractivity contribution in [1.82, 2.24) is 19.1 Å². The standard InChI is InChI=1S/C49H38N4/c1-33-7-6-10-44-45-31-50-32-51-49(45)53(48(33)44)41-27-19-37(20-28-41)30-35-15-23-39(24-16-35)38-21-13-34(14-22-38)29-36-17-25-40(26-18-36)52-46-11-4-2-8-42(46)43-9-3-5-12-47(43)52/h2-6,8-28,31-33H,7,29-30H2,1H3. The molecule has 9 aromatic rings. The summed E-state index contributed by atoms with van der Waals surface area (Å²) in [4.78, 5) is 9.01. The fraction of sp³-hybridized carbons (Fsp3) is 0.102. The molecule has 1 aliphatic rings. The Labute approximate surface area is 309 Å². The summed E-state index contributed by atoms with van der Waals surface area (Å²) in [7, 11) is 0. The molecule has 10 rings (SSSR count). The van der Waals surface area contributed by atoms with Crippen molar-refractivity contribution in [3.05, 3.63) is 198 Å². The number of para-hydroxylation sites is 2. The average Bonchev–Trinajstić information content (AvgIpc) is 3.73. The molecule has 3 heterocycles. The maximum atomic E-state index is 4.69. The van der Waals surface area contributed by atoms with Gasteiger partial charge >= 0.3 is 0 Å². The average molecular weight is 683 g/mol. The zero-order valence-electron chi connectivity index (χ0n) is 29.7. The van der Waals surface area contributed by atoms with Gasteiger partial charge in [-0.3, -0.25) is 4.57 Å². The van der Waals surface area contributed by atoms with E-state index < -0.39 is 0 Å². The van der Waals surface area contributed by atoms with Gasteiger partial charge in [0, 0.05) is 50.9 Å². The summed E-state index contributed by atoms with van der Waals surface area (Å²) >= 11 is 0. The molecule has 6 aromatic carbocycles. The van der Waals surface area contributed by atoms with E-state index in [-0.39, 0.29) is 0 Å². The molecule has 0 N–H and O–H groups in total. The van der Waals surface area contributed by atoms with Gasteiger partial charge in [-0.15, -0.1) is 0 Å². The van der Waals surface area contributed by atoms with Gasteiger partial charge in [0.15, 0.2) is 0 Å². The molecule has 1 atom stereocenters. The van der Waals surface area contributed by atoms with Crippen LogP contribution in [0, 0.1) is 0 Å². The lowest BCUT2D eigenvalue weighted by atomic mass is 9.93. The predicted molar refractivity (Wildman–Crippen MR) is 219 cm³/mol. The minimum atomic E-state index is 0.426. The minimum Gasteiger partial charge on any atom is -0.309 e. The highest BCUT2D eigenvalue weighted by molar-refractivity contribution is 6.09. The molecular weight excluding hydrogens is 645 g/mol.